The molecule has 122 valence electrons. The first-order chi connectivity index (χ1) is 10.4. The molecule has 2 fully saturated rings. The molecule has 1 aliphatic carbocycles. The van der Waals surface area contributed by atoms with Crippen LogP contribution in [0.3, 0.4) is 0 Å². The first kappa shape index (κ1) is 15.9. The van der Waals surface area contributed by atoms with Gasteiger partial charge in [0.2, 0.25) is 5.95 Å². The zero-order valence-electron chi connectivity index (χ0n) is 12.3. The number of ether oxygens (including phenoxy) is 1. The quantitative estimate of drug-likeness (QED) is 0.580. The third-order valence-electron chi connectivity index (χ3n) is 3.92. The maximum absolute atomic E-state index is 11.2. The highest BCUT2D eigenvalue weighted by atomic mass is 35.5. The van der Waals surface area contributed by atoms with Gasteiger partial charge >= 0.3 is 0 Å². The number of anilines is 1. The summed E-state index contributed by atoms with van der Waals surface area (Å²) in [6, 6.07) is 1.70. The molecule has 0 bridgehead atoms. The van der Waals surface area contributed by atoms with Crippen molar-refractivity contribution >= 4 is 27.7 Å². The maximum atomic E-state index is 11.2. The molecule has 22 heavy (non-hydrogen) atoms. The summed E-state index contributed by atoms with van der Waals surface area (Å²) in [6.07, 6.45) is 2.71. The number of morpholine rings is 1. The van der Waals surface area contributed by atoms with Crippen LogP contribution >= 0.6 is 11.6 Å². The van der Waals surface area contributed by atoms with Crippen LogP contribution in [0.5, 0.6) is 0 Å². The summed E-state index contributed by atoms with van der Waals surface area (Å²) in [5.41, 5.74) is 0.383. The molecule has 0 radical (unpaired) electrons. The SMILES string of the molecule is CS(=O)(=O)OCC1(c2cc(Cl)nc(N3CCOCC3)n2)CC1. The second-order valence-electron chi connectivity index (χ2n) is 5.72. The van der Waals surface area contributed by atoms with Gasteiger partial charge in [0.1, 0.15) is 5.15 Å². The van der Waals surface area contributed by atoms with E-state index in [4.69, 9.17) is 20.5 Å². The molecular formula is C13H18ClN3O4S. The number of hydrogen-bond donors (Lipinski definition) is 0. The highest BCUT2D eigenvalue weighted by Crippen LogP contribution is 2.48. The maximum Gasteiger partial charge on any atom is 0.264 e. The first-order valence-corrected chi connectivity index (χ1v) is 9.30. The van der Waals surface area contributed by atoms with E-state index < -0.39 is 10.1 Å². The number of halogens is 1. The Hall–Kier alpha value is -0.960. The highest BCUT2D eigenvalue weighted by molar-refractivity contribution is 7.85. The standard InChI is InChI=1S/C13H18ClN3O4S/c1-22(18,19)21-9-13(2-3-13)10-8-11(14)16-12(15-10)17-4-6-20-7-5-17/h8H,2-7,9H2,1H3. The van der Waals surface area contributed by atoms with Crippen LogP contribution in [-0.4, -0.2) is 57.6 Å². The Morgan fingerprint density at radius 2 is 2.05 bits per heavy atom. The number of rotatable bonds is 5. The van der Waals surface area contributed by atoms with E-state index in [-0.39, 0.29) is 12.0 Å². The monoisotopic (exact) mass is 347 g/mol. The number of hydrogen-bond acceptors (Lipinski definition) is 7. The minimum atomic E-state index is -3.47. The van der Waals surface area contributed by atoms with Crippen LogP contribution in [0.4, 0.5) is 5.95 Å². The summed E-state index contributed by atoms with van der Waals surface area (Å²) >= 11 is 6.13. The van der Waals surface area contributed by atoms with Crippen LogP contribution in [0.1, 0.15) is 18.5 Å². The van der Waals surface area contributed by atoms with Gasteiger partial charge in [-0.05, 0) is 18.9 Å². The lowest BCUT2D eigenvalue weighted by Crippen LogP contribution is -2.37. The third kappa shape index (κ3) is 3.68. The summed E-state index contributed by atoms with van der Waals surface area (Å²) in [5, 5.41) is 0.358. The van der Waals surface area contributed by atoms with Crippen molar-refractivity contribution in [3.63, 3.8) is 0 Å². The fourth-order valence-electron chi connectivity index (χ4n) is 2.43. The Labute approximate surface area is 134 Å². The van der Waals surface area contributed by atoms with Crippen LogP contribution in [0.2, 0.25) is 5.15 Å². The molecule has 9 heteroatoms. The molecule has 1 saturated heterocycles. The lowest BCUT2D eigenvalue weighted by molar-refractivity contribution is 0.122. The van der Waals surface area contributed by atoms with Crippen LogP contribution in [-0.2, 0) is 24.5 Å². The highest BCUT2D eigenvalue weighted by Gasteiger charge is 2.47. The van der Waals surface area contributed by atoms with E-state index in [9.17, 15) is 8.42 Å². The van der Waals surface area contributed by atoms with Gasteiger partial charge in [0.05, 0.1) is 31.8 Å². The molecule has 1 saturated carbocycles. The minimum absolute atomic E-state index is 0.0989. The molecule has 0 aromatic carbocycles. The van der Waals surface area contributed by atoms with Gasteiger partial charge in [-0.15, -0.1) is 0 Å². The van der Waals surface area contributed by atoms with Crippen LogP contribution in [0.15, 0.2) is 6.07 Å². The van der Waals surface area contributed by atoms with Gasteiger partial charge < -0.3 is 9.64 Å². The predicted molar refractivity (Wildman–Crippen MR) is 81.8 cm³/mol. The van der Waals surface area contributed by atoms with Gasteiger partial charge in [0, 0.05) is 18.5 Å². The molecule has 1 aliphatic heterocycles. The lowest BCUT2D eigenvalue weighted by Gasteiger charge is -2.27. The van der Waals surface area contributed by atoms with Crippen molar-refractivity contribution in [1.29, 1.82) is 0 Å². The van der Waals surface area contributed by atoms with Gasteiger partial charge in [0.25, 0.3) is 10.1 Å². The van der Waals surface area contributed by atoms with Gasteiger partial charge in [-0.1, -0.05) is 11.6 Å². The Balaban J connectivity index is 1.83. The van der Waals surface area contributed by atoms with Crippen molar-refractivity contribution in [2.75, 3.05) is 44.1 Å². The Morgan fingerprint density at radius 3 is 2.64 bits per heavy atom. The lowest BCUT2D eigenvalue weighted by atomic mass is 10.0. The first-order valence-electron chi connectivity index (χ1n) is 7.10. The van der Waals surface area contributed by atoms with Crippen molar-refractivity contribution in [3.8, 4) is 0 Å². The average Bonchev–Trinajstić information content (AvgIpc) is 3.26. The molecule has 7 nitrogen and oxygen atoms in total. The van der Waals surface area contributed by atoms with Gasteiger partial charge in [-0.25, -0.2) is 9.97 Å². The molecular weight excluding hydrogens is 330 g/mol. The van der Waals surface area contributed by atoms with Crippen LogP contribution in [0.25, 0.3) is 0 Å². The average molecular weight is 348 g/mol. The van der Waals surface area contributed by atoms with E-state index in [1.54, 1.807) is 6.07 Å². The topological polar surface area (TPSA) is 81.6 Å². The van der Waals surface area contributed by atoms with Crippen LogP contribution < -0.4 is 4.90 Å². The number of aromatic nitrogens is 2. The second-order valence-corrected chi connectivity index (χ2v) is 7.75. The predicted octanol–water partition coefficient (Wildman–Crippen LogP) is 0.974. The van der Waals surface area contributed by atoms with Crippen molar-refractivity contribution in [1.82, 2.24) is 9.97 Å². The molecule has 1 aromatic heterocycles. The van der Waals surface area contributed by atoms with Crippen molar-refractivity contribution in [3.05, 3.63) is 16.9 Å². The molecule has 2 heterocycles. The number of nitrogens with zero attached hydrogens (tertiary/aromatic N) is 3. The van der Waals surface area contributed by atoms with Crippen molar-refractivity contribution in [2.24, 2.45) is 0 Å². The van der Waals surface area contributed by atoms with Crippen molar-refractivity contribution in [2.45, 2.75) is 18.3 Å². The summed E-state index contributed by atoms with van der Waals surface area (Å²) < 4.78 is 32.7. The van der Waals surface area contributed by atoms with E-state index in [2.05, 4.69) is 9.97 Å². The van der Waals surface area contributed by atoms with E-state index in [1.165, 1.54) is 0 Å². The Bertz CT molecular complexity index is 657. The molecule has 0 unspecified atom stereocenters. The largest absolute Gasteiger partial charge is 0.378 e. The molecule has 0 N–H and O–H groups in total. The molecule has 0 amide bonds. The minimum Gasteiger partial charge on any atom is -0.378 e. The summed E-state index contributed by atoms with van der Waals surface area (Å²) in [4.78, 5) is 10.9. The Kier molecular flexibility index (Phi) is 4.28. The van der Waals surface area contributed by atoms with E-state index in [0.717, 1.165) is 24.8 Å². The normalized spacial score (nSPS) is 20.9. The third-order valence-corrected chi connectivity index (χ3v) is 4.66. The summed E-state index contributed by atoms with van der Waals surface area (Å²) in [7, 11) is -3.47. The molecule has 3 rings (SSSR count). The molecule has 1 aromatic rings. The van der Waals surface area contributed by atoms with Crippen LogP contribution in [0, 0.1) is 0 Å². The molecule has 0 spiro atoms. The zero-order chi connectivity index (χ0) is 15.8. The summed E-state index contributed by atoms with van der Waals surface area (Å²) in [5.74, 6) is 0.566. The summed E-state index contributed by atoms with van der Waals surface area (Å²) in [6.45, 7) is 2.79. The van der Waals surface area contributed by atoms with Gasteiger partial charge in [-0.3, -0.25) is 4.18 Å². The Morgan fingerprint density at radius 1 is 1.36 bits per heavy atom. The second kappa shape index (κ2) is 5.92. The molecule has 0 atom stereocenters. The smallest absolute Gasteiger partial charge is 0.264 e. The van der Waals surface area contributed by atoms with E-state index >= 15 is 0 Å². The van der Waals surface area contributed by atoms with Gasteiger partial charge in [0.15, 0.2) is 0 Å². The fraction of sp³-hybridized carbons (Fsp3) is 0.692. The van der Waals surface area contributed by atoms with Gasteiger partial charge in [-0.2, -0.15) is 8.42 Å². The van der Waals surface area contributed by atoms with E-state index in [1.807, 2.05) is 4.90 Å². The fourth-order valence-corrected chi connectivity index (χ4v) is 3.05. The zero-order valence-corrected chi connectivity index (χ0v) is 13.9. The van der Waals surface area contributed by atoms with Crippen molar-refractivity contribution < 1.29 is 17.3 Å². The van der Waals surface area contributed by atoms with E-state index in [0.29, 0.717) is 37.4 Å². The molecule has 2 aliphatic rings.